The maximum absolute atomic E-state index is 12.9. The minimum absolute atomic E-state index is 0.0151. The molecule has 6 nitrogen and oxygen atoms in total. The van der Waals surface area contributed by atoms with Crippen LogP contribution in [0.2, 0.25) is 0 Å². The van der Waals surface area contributed by atoms with Crippen LogP contribution in [0.4, 0.5) is 5.69 Å². The summed E-state index contributed by atoms with van der Waals surface area (Å²) in [6, 6.07) is 7.60. The van der Waals surface area contributed by atoms with E-state index >= 15 is 0 Å². The average molecular weight is 350 g/mol. The van der Waals surface area contributed by atoms with Gasteiger partial charge in [0, 0.05) is 23.6 Å². The van der Waals surface area contributed by atoms with Crippen LogP contribution in [0.1, 0.15) is 30.2 Å². The highest BCUT2D eigenvalue weighted by Gasteiger charge is 2.23. The predicted molar refractivity (Wildman–Crippen MR) is 100 cm³/mol. The Morgan fingerprint density at radius 1 is 1.35 bits per heavy atom. The van der Waals surface area contributed by atoms with Gasteiger partial charge in [0.2, 0.25) is 5.91 Å². The van der Waals surface area contributed by atoms with Crippen molar-refractivity contribution >= 4 is 17.1 Å². The van der Waals surface area contributed by atoms with E-state index in [4.69, 9.17) is 0 Å². The Hall–Kier alpha value is -2.89. The first-order valence-electron chi connectivity index (χ1n) is 8.97. The number of aryl methyl sites for hydroxylation is 2. The molecule has 26 heavy (non-hydrogen) atoms. The van der Waals surface area contributed by atoms with Crippen LogP contribution in [-0.2, 0) is 24.2 Å². The topological polar surface area (TPSA) is 68.4 Å². The summed E-state index contributed by atoms with van der Waals surface area (Å²) < 4.78 is 3.13. The zero-order chi connectivity index (χ0) is 18.3. The second kappa shape index (κ2) is 6.44. The van der Waals surface area contributed by atoms with Gasteiger partial charge in [0.1, 0.15) is 12.1 Å². The molecule has 0 saturated heterocycles. The quantitative estimate of drug-likeness (QED) is 0.789. The molecule has 6 heteroatoms. The molecule has 1 aliphatic rings. The second-order valence-electron chi connectivity index (χ2n) is 7.22. The number of carbonyl (C=O) groups excluding carboxylic acids is 1. The molecule has 1 aromatic carbocycles. The number of nitrogens with one attached hydrogen (secondary N) is 1. The summed E-state index contributed by atoms with van der Waals surface area (Å²) in [7, 11) is 0. The van der Waals surface area contributed by atoms with Crippen molar-refractivity contribution in [3.05, 3.63) is 63.8 Å². The first-order valence-corrected chi connectivity index (χ1v) is 8.97. The lowest BCUT2D eigenvalue weighted by Gasteiger charge is -2.16. The molecule has 1 aliphatic carbocycles. The van der Waals surface area contributed by atoms with E-state index in [9.17, 15) is 9.59 Å². The van der Waals surface area contributed by atoms with Gasteiger partial charge in [-0.15, -0.1) is 0 Å². The zero-order valence-corrected chi connectivity index (χ0v) is 15.0. The Balaban J connectivity index is 1.63. The molecule has 1 atom stereocenters. The number of anilines is 1. The van der Waals surface area contributed by atoms with E-state index in [1.807, 2.05) is 31.2 Å². The average Bonchev–Trinajstić information content (AvgIpc) is 2.96. The van der Waals surface area contributed by atoms with Gasteiger partial charge in [-0.3, -0.25) is 9.59 Å². The number of nitrogens with zero attached hydrogens (tertiary/aromatic N) is 3. The number of hydrogen-bond acceptors (Lipinski definition) is 3. The van der Waals surface area contributed by atoms with Crippen LogP contribution in [0, 0.1) is 12.8 Å². The monoisotopic (exact) mass is 350 g/mol. The smallest absolute Gasteiger partial charge is 0.277 e. The summed E-state index contributed by atoms with van der Waals surface area (Å²) in [5.74, 6) is 0.331. The molecule has 4 rings (SSSR count). The van der Waals surface area contributed by atoms with E-state index in [2.05, 4.69) is 17.3 Å². The van der Waals surface area contributed by atoms with Crippen molar-refractivity contribution in [3.8, 4) is 0 Å². The van der Waals surface area contributed by atoms with E-state index in [-0.39, 0.29) is 18.0 Å². The van der Waals surface area contributed by atoms with Crippen molar-refractivity contribution in [3.63, 3.8) is 0 Å². The molecule has 3 aromatic rings. The number of carbonyl (C=O) groups is 1. The highest BCUT2D eigenvalue weighted by atomic mass is 16.2. The van der Waals surface area contributed by atoms with Gasteiger partial charge >= 0.3 is 0 Å². The Morgan fingerprint density at radius 3 is 3.00 bits per heavy atom. The fraction of sp³-hybridized carbons (Fsp3) is 0.350. The Kier molecular flexibility index (Phi) is 4.11. The number of aromatic nitrogens is 3. The minimum Gasteiger partial charge on any atom is -0.325 e. The maximum atomic E-state index is 12.9. The van der Waals surface area contributed by atoms with Crippen LogP contribution in [0.25, 0.3) is 5.52 Å². The van der Waals surface area contributed by atoms with Crippen LogP contribution in [-0.4, -0.2) is 20.1 Å². The molecule has 1 amide bonds. The molecule has 0 radical (unpaired) electrons. The van der Waals surface area contributed by atoms with Crippen LogP contribution in [0.5, 0.6) is 0 Å². The summed E-state index contributed by atoms with van der Waals surface area (Å²) in [6.45, 7) is 4.15. The lowest BCUT2D eigenvalue weighted by molar-refractivity contribution is -0.116. The van der Waals surface area contributed by atoms with Gasteiger partial charge in [0.05, 0.1) is 5.69 Å². The summed E-state index contributed by atoms with van der Waals surface area (Å²) in [5.41, 5.74) is 4.32. The zero-order valence-electron chi connectivity index (χ0n) is 15.0. The third-order valence-electron chi connectivity index (χ3n) is 4.99. The molecule has 0 unspecified atom stereocenters. The van der Waals surface area contributed by atoms with Gasteiger partial charge in [-0.25, -0.2) is 4.52 Å². The van der Waals surface area contributed by atoms with Crippen LogP contribution < -0.4 is 10.9 Å². The summed E-state index contributed by atoms with van der Waals surface area (Å²) in [5, 5.41) is 7.40. The second-order valence-corrected chi connectivity index (χ2v) is 7.22. The van der Waals surface area contributed by atoms with Crippen molar-refractivity contribution in [1.29, 1.82) is 0 Å². The van der Waals surface area contributed by atoms with Crippen molar-refractivity contribution in [2.45, 2.75) is 39.7 Å². The predicted octanol–water partition coefficient (Wildman–Crippen LogP) is 2.57. The largest absolute Gasteiger partial charge is 0.325 e. The van der Waals surface area contributed by atoms with Gasteiger partial charge < -0.3 is 9.88 Å². The highest BCUT2D eigenvalue weighted by molar-refractivity contribution is 5.90. The fourth-order valence-corrected chi connectivity index (χ4v) is 3.65. The Morgan fingerprint density at radius 2 is 2.19 bits per heavy atom. The number of hydrogen-bond donors (Lipinski definition) is 1. The number of benzene rings is 1. The first-order chi connectivity index (χ1) is 12.5. The van der Waals surface area contributed by atoms with E-state index in [1.165, 1.54) is 4.57 Å². The molecular formula is C20H22N4O2. The summed E-state index contributed by atoms with van der Waals surface area (Å²) in [4.78, 5) is 25.3. The van der Waals surface area contributed by atoms with Crippen LogP contribution in [0.3, 0.4) is 0 Å². The highest BCUT2D eigenvalue weighted by Crippen LogP contribution is 2.26. The molecule has 0 fully saturated rings. The lowest BCUT2D eigenvalue weighted by Crippen LogP contribution is -2.28. The van der Waals surface area contributed by atoms with Gasteiger partial charge in [-0.1, -0.05) is 19.1 Å². The van der Waals surface area contributed by atoms with Gasteiger partial charge in [-0.05, 0) is 49.8 Å². The molecule has 0 aliphatic heterocycles. The van der Waals surface area contributed by atoms with Crippen LogP contribution >= 0.6 is 0 Å². The summed E-state index contributed by atoms with van der Waals surface area (Å²) >= 11 is 0. The first kappa shape index (κ1) is 16.6. The van der Waals surface area contributed by atoms with E-state index in [1.54, 1.807) is 16.9 Å². The third kappa shape index (κ3) is 3.03. The van der Waals surface area contributed by atoms with E-state index in [0.717, 1.165) is 41.8 Å². The number of fused-ring (bicyclic) bond motifs is 3. The Labute approximate surface area is 151 Å². The minimum atomic E-state index is -0.219. The van der Waals surface area contributed by atoms with Crippen molar-refractivity contribution in [2.24, 2.45) is 5.92 Å². The molecular weight excluding hydrogens is 328 g/mol. The molecule has 0 bridgehead atoms. The molecule has 0 spiro atoms. The van der Waals surface area contributed by atoms with E-state index < -0.39 is 0 Å². The SMILES string of the molecule is Cc1cccc(NC(=O)Cn2ccn3nc4c(c3c2=O)C[C@H](C)CC4)c1. The summed E-state index contributed by atoms with van der Waals surface area (Å²) in [6.07, 6.45) is 6.27. The van der Waals surface area contributed by atoms with E-state index in [0.29, 0.717) is 11.4 Å². The van der Waals surface area contributed by atoms with Gasteiger partial charge in [0.25, 0.3) is 5.56 Å². The lowest BCUT2D eigenvalue weighted by atomic mass is 9.88. The maximum Gasteiger partial charge on any atom is 0.277 e. The molecule has 2 aromatic heterocycles. The Bertz CT molecular complexity index is 1050. The fourth-order valence-electron chi connectivity index (χ4n) is 3.65. The number of amides is 1. The molecule has 1 N–H and O–H groups in total. The molecule has 0 saturated carbocycles. The van der Waals surface area contributed by atoms with Crippen molar-refractivity contribution in [2.75, 3.05) is 5.32 Å². The van der Waals surface area contributed by atoms with Crippen molar-refractivity contribution in [1.82, 2.24) is 14.2 Å². The van der Waals surface area contributed by atoms with Crippen LogP contribution in [0.15, 0.2) is 41.5 Å². The normalized spacial score (nSPS) is 16.5. The standard InChI is InChI=1S/C20H22N4O2/c1-13-4-3-5-15(10-13)21-18(25)12-23-8-9-24-19(20(23)26)16-11-14(2)6-7-17(16)22-24/h3-5,8-10,14H,6-7,11-12H2,1-2H3,(H,21,25)/t14-/m1/s1. The van der Waals surface area contributed by atoms with Gasteiger partial charge in [0.15, 0.2) is 0 Å². The molecule has 134 valence electrons. The van der Waals surface area contributed by atoms with Crippen molar-refractivity contribution < 1.29 is 4.79 Å². The number of rotatable bonds is 3. The third-order valence-corrected chi connectivity index (χ3v) is 4.99. The van der Waals surface area contributed by atoms with Gasteiger partial charge in [-0.2, -0.15) is 5.10 Å². The molecule has 2 heterocycles.